The van der Waals surface area contributed by atoms with Crippen molar-refractivity contribution in [2.24, 2.45) is 16.7 Å². The van der Waals surface area contributed by atoms with Crippen LogP contribution in [0.1, 0.15) is 74.1 Å². The number of hydrogen-bond acceptors (Lipinski definition) is 4. The first-order chi connectivity index (χ1) is 12.2. The van der Waals surface area contributed by atoms with Gasteiger partial charge in [0.15, 0.2) is 0 Å². The second-order valence-electron chi connectivity index (χ2n) is 9.55. The van der Waals surface area contributed by atoms with Crippen LogP contribution in [0.25, 0.3) is 0 Å². The van der Waals surface area contributed by atoms with E-state index in [1.165, 1.54) is 6.92 Å². The Balaban J connectivity index is 2.79. The molecule has 0 bridgehead atoms. The van der Waals surface area contributed by atoms with E-state index < -0.39 is 17.7 Å². The van der Waals surface area contributed by atoms with E-state index in [4.69, 9.17) is 4.74 Å². The van der Waals surface area contributed by atoms with Crippen LogP contribution in [0.5, 0.6) is 0 Å². The Morgan fingerprint density at radius 3 is 2.30 bits per heavy atom. The largest absolute Gasteiger partial charge is 0.478 e. The van der Waals surface area contributed by atoms with Gasteiger partial charge in [-0.2, -0.15) is 0 Å². The van der Waals surface area contributed by atoms with Crippen LogP contribution in [-0.2, 0) is 14.3 Å². The van der Waals surface area contributed by atoms with Gasteiger partial charge in [0.25, 0.3) is 0 Å². The minimum absolute atomic E-state index is 0.0173. The number of carbonyl (C=O) groups is 3. The van der Waals surface area contributed by atoms with Crippen LogP contribution < -0.4 is 10.6 Å². The third-order valence-electron chi connectivity index (χ3n) is 5.42. The normalized spacial score (nSPS) is 26.7. The first kappa shape index (κ1) is 23.2. The van der Waals surface area contributed by atoms with Crippen molar-refractivity contribution in [3.05, 3.63) is 0 Å². The number of rotatable bonds is 7. The Bertz CT molecular complexity index is 575. The number of alkyl carbamates (subject to hydrolysis) is 1. The zero-order chi connectivity index (χ0) is 21.0. The average Bonchev–Trinajstić information content (AvgIpc) is 2.49. The van der Waals surface area contributed by atoms with E-state index in [1.807, 2.05) is 13.8 Å². The van der Waals surface area contributed by atoms with Crippen LogP contribution in [0.2, 0.25) is 0 Å². The summed E-state index contributed by atoms with van der Waals surface area (Å²) < 4.78 is 5.20. The fourth-order valence-electron chi connectivity index (χ4n) is 4.04. The zero-order valence-electron chi connectivity index (χ0n) is 17.8. The SMILES string of the molecule is CCC(C)(OC(=O)NC1CC(C)(C)CC(C)(CNC(=O)C(C)C)C1)C(=O)O. The summed E-state index contributed by atoms with van der Waals surface area (Å²) in [4.78, 5) is 35.6. The molecule has 0 radical (unpaired) electrons. The maximum Gasteiger partial charge on any atom is 0.408 e. The second kappa shape index (κ2) is 8.48. The lowest BCUT2D eigenvalue weighted by Crippen LogP contribution is -2.52. The number of nitrogens with one attached hydrogen (secondary N) is 2. The van der Waals surface area contributed by atoms with E-state index in [1.54, 1.807) is 6.92 Å². The maximum atomic E-state index is 12.3. The van der Waals surface area contributed by atoms with Crippen LogP contribution in [0, 0.1) is 16.7 Å². The Morgan fingerprint density at radius 2 is 1.81 bits per heavy atom. The number of aliphatic carboxylic acids is 1. The van der Waals surface area contributed by atoms with Crippen molar-refractivity contribution in [3.63, 3.8) is 0 Å². The molecule has 0 saturated heterocycles. The quantitative estimate of drug-likeness (QED) is 0.624. The maximum absolute atomic E-state index is 12.3. The molecule has 27 heavy (non-hydrogen) atoms. The van der Waals surface area contributed by atoms with Crippen LogP contribution in [0.3, 0.4) is 0 Å². The highest BCUT2D eigenvalue weighted by Gasteiger charge is 2.43. The predicted octanol–water partition coefficient (Wildman–Crippen LogP) is 3.32. The molecule has 0 aromatic rings. The van der Waals surface area contributed by atoms with Crippen molar-refractivity contribution in [3.8, 4) is 0 Å². The Kier molecular flexibility index (Phi) is 7.30. The lowest BCUT2D eigenvalue weighted by Gasteiger charge is -2.47. The number of carboxylic acids is 1. The van der Waals surface area contributed by atoms with E-state index in [9.17, 15) is 19.5 Å². The molecule has 2 amide bonds. The first-order valence-electron chi connectivity index (χ1n) is 9.72. The molecular formula is C20H36N2O5. The summed E-state index contributed by atoms with van der Waals surface area (Å²) in [6.45, 7) is 13.7. The van der Waals surface area contributed by atoms with Gasteiger partial charge in [0.2, 0.25) is 11.5 Å². The summed E-state index contributed by atoms with van der Waals surface area (Å²) in [5, 5.41) is 15.1. The number of ether oxygens (including phenoxy) is 1. The molecule has 3 N–H and O–H groups in total. The molecule has 7 heteroatoms. The highest BCUT2D eigenvalue weighted by molar-refractivity contribution is 5.81. The van der Waals surface area contributed by atoms with Gasteiger partial charge in [0.1, 0.15) is 0 Å². The molecule has 1 fully saturated rings. The van der Waals surface area contributed by atoms with E-state index in [0.717, 1.165) is 12.8 Å². The van der Waals surface area contributed by atoms with Gasteiger partial charge in [0.05, 0.1) is 0 Å². The molecule has 1 saturated carbocycles. The highest BCUT2D eigenvalue weighted by atomic mass is 16.6. The summed E-state index contributed by atoms with van der Waals surface area (Å²) in [6.07, 6.45) is 1.86. The fraction of sp³-hybridized carbons (Fsp3) is 0.850. The van der Waals surface area contributed by atoms with Crippen molar-refractivity contribution >= 4 is 18.0 Å². The number of carbonyl (C=O) groups excluding carboxylic acids is 2. The highest BCUT2D eigenvalue weighted by Crippen LogP contribution is 2.45. The van der Waals surface area contributed by atoms with Crippen LogP contribution in [0.15, 0.2) is 0 Å². The molecule has 1 aliphatic rings. The zero-order valence-corrected chi connectivity index (χ0v) is 17.8. The average molecular weight is 385 g/mol. The third kappa shape index (κ3) is 6.70. The van der Waals surface area contributed by atoms with E-state index in [2.05, 4.69) is 31.4 Å². The monoisotopic (exact) mass is 384 g/mol. The summed E-state index contributed by atoms with van der Waals surface area (Å²) in [5.41, 5.74) is -1.72. The Morgan fingerprint density at radius 1 is 1.22 bits per heavy atom. The minimum Gasteiger partial charge on any atom is -0.478 e. The number of carboxylic acid groups (broad SMARTS) is 1. The summed E-state index contributed by atoms with van der Waals surface area (Å²) >= 11 is 0. The summed E-state index contributed by atoms with van der Waals surface area (Å²) in [5.74, 6) is -1.22. The Labute approximate surface area is 162 Å². The molecular weight excluding hydrogens is 348 g/mol. The van der Waals surface area contributed by atoms with Gasteiger partial charge in [-0.25, -0.2) is 9.59 Å². The smallest absolute Gasteiger partial charge is 0.408 e. The molecule has 0 spiro atoms. The molecule has 1 aliphatic carbocycles. The molecule has 1 rings (SSSR count). The van der Waals surface area contributed by atoms with Crippen molar-refractivity contribution < 1.29 is 24.2 Å². The molecule has 7 nitrogen and oxygen atoms in total. The van der Waals surface area contributed by atoms with Gasteiger partial charge >= 0.3 is 12.1 Å². The minimum atomic E-state index is -1.54. The van der Waals surface area contributed by atoms with Crippen LogP contribution in [0.4, 0.5) is 4.79 Å². The van der Waals surface area contributed by atoms with Gasteiger partial charge in [-0.05, 0) is 43.4 Å². The van der Waals surface area contributed by atoms with Crippen molar-refractivity contribution in [2.75, 3.05) is 6.54 Å². The second-order valence-corrected chi connectivity index (χ2v) is 9.55. The van der Waals surface area contributed by atoms with Crippen molar-refractivity contribution in [1.29, 1.82) is 0 Å². The standard InChI is InChI=1S/C20H36N2O5/c1-8-20(7,16(24)25)27-17(26)22-14-9-18(4,5)11-19(6,10-14)12-21-15(23)13(2)3/h13-14H,8-12H2,1-7H3,(H,21,23)(H,22,26)(H,24,25). The van der Waals surface area contributed by atoms with Gasteiger partial charge in [-0.3, -0.25) is 4.79 Å². The van der Waals surface area contributed by atoms with Crippen LogP contribution in [-0.4, -0.2) is 41.3 Å². The van der Waals surface area contributed by atoms with Gasteiger partial charge in [0, 0.05) is 18.5 Å². The molecule has 156 valence electrons. The number of amides is 2. The summed E-state index contributed by atoms with van der Waals surface area (Å²) in [6, 6.07) is -0.142. The van der Waals surface area contributed by atoms with E-state index in [-0.39, 0.29) is 35.1 Å². The lowest BCUT2D eigenvalue weighted by molar-refractivity contribution is -0.157. The topological polar surface area (TPSA) is 105 Å². The van der Waals surface area contributed by atoms with Crippen molar-refractivity contribution in [1.82, 2.24) is 10.6 Å². The van der Waals surface area contributed by atoms with Gasteiger partial charge in [-0.15, -0.1) is 0 Å². The van der Waals surface area contributed by atoms with Crippen LogP contribution >= 0.6 is 0 Å². The molecule has 3 atom stereocenters. The molecule has 0 aliphatic heterocycles. The molecule has 0 aromatic carbocycles. The molecule has 3 unspecified atom stereocenters. The first-order valence-corrected chi connectivity index (χ1v) is 9.72. The van der Waals surface area contributed by atoms with E-state index in [0.29, 0.717) is 13.0 Å². The molecule has 0 aromatic heterocycles. The lowest BCUT2D eigenvalue weighted by atomic mass is 9.62. The summed E-state index contributed by atoms with van der Waals surface area (Å²) in [7, 11) is 0. The third-order valence-corrected chi connectivity index (χ3v) is 5.42. The van der Waals surface area contributed by atoms with Gasteiger partial charge in [-0.1, -0.05) is 41.5 Å². The van der Waals surface area contributed by atoms with E-state index >= 15 is 0 Å². The fourth-order valence-corrected chi connectivity index (χ4v) is 4.04. The predicted molar refractivity (Wildman–Crippen MR) is 103 cm³/mol. The van der Waals surface area contributed by atoms with Gasteiger partial charge < -0.3 is 20.5 Å². The van der Waals surface area contributed by atoms with Crippen molar-refractivity contribution in [2.45, 2.75) is 85.8 Å². The molecule has 0 heterocycles. The Hall–Kier alpha value is -1.79. The number of hydrogen-bond donors (Lipinski definition) is 3.